The summed E-state index contributed by atoms with van der Waals surface area (Å²) in [6.45, 7) is 15.2. The highest BCUT2D eigenvalue weighted by atomic mass is 35.5. The number of aliphatic hydroxyl groups is 1. The van der Waals surface area contributed by atoms with Crippen LogP contribution < -0.4 is 14.4 Å². The number of rotatable bonds is 8. The van der Waals surface area contributed by atoms with Crippen molar-refractivity contribution in [2.75, 3.05) is 63.6 Å². The van der Waals surface area contributed by atoms with Crippen molar-refractivity contribution in [2.45, 2.75) is 96.1 Å². The Balaban J connectivity index is 0.000000357. The summed E-state index contributed by atoms with van der Waals surface area (Å²) >= 11 is 6.40. The van der Waals surface area contributed by atoms with E-state index in [2.05, 4.69) is 58.5 Å². The number of hydrogen-bond donors (Lipinski definition) is 2. The monoisotopic (exact) mass is 752 g/mol. The first-order valence-corrected chi connectivity index (χ1v) is 21.4. The Morgan fingerprint density at radius 2 is 1.96 bits per heavy atom. The molecule has 286 valence electrons. The first-order chi connectivity index (χ1) is 24.9. The van der Waals surface area contributed by atoms with E-state index >= 15 is 0 Å². The average Bonchev–Trinajstić information content (AvgIpc) is 3.25. The van der Waals surface area contributed by atoms with Crippen molar-refractivity contribution in [3.8, 4) is 5.75 Å². The molecule has 1 saturated carbocycles. The third kappa shape index (κ3) is 9.08. The molecule has 10 heteroatoms. The van der Waals surface area contributed by atoms with Gasteiger partial charge in [0.05, 0.1) is 17.9 Å². The molecule has 7 rings (SSSR count). The molecule has 3 fully saturated rings. The van der Waals surface area contributed by atoms with Gasteiger partial charge in [0.1, 0.15) is 16.7 Å². The molecule has 0 aromatic heterocycles. The maximum absolute atomic E-state index is 13.0. The SMILES string of the molecule is CCS(=O)NC(=O)c1ccc2c(c1)N(CC1CCC1[C@@](C)(O)/C=C/C(C)C)C[C@@]1(CCCc3cc(Cl)ccc31)CO2.CN1CCN2CCCCC2C1. The number of allylic oxidation sites excluding steroid dienone is 1. The van der Waals surface area contributed by atoms with E-state index in [4.69, 9.17) is 16.3 Å². The van der Waals surface area contributed by atoms with Gasteiger partial charge in [-0.15, -0.1) is 0 Å². The van der Waals surface area contributed by atoms with Crippen LogP contribution in [0.15, 0.2) is 48.6 Å². The van der Waals surface area contributed by atoms with Crippen molar-refractivity contribution in [3.05, 3.63) is 70.3 Å². The van der Waals surface area contributed by atoms with E-state index in [9.17, 15) is 14.1 Å². The second kappa shape index (κ2) is 16.9. The van der Waals surface area contributed by atoms with Gasteiger partial charge in [0.2, 0.25) is 0 Å². The Hall–Kier alpha value is -2.43. The summed E-state index contributed by atoms with van der Waals surface area (Å²) in [4.78, 5) is 20.5. The van der Waals surface area contributed by atoms with Crippen molar-refractivity contribution in [1.29, 1.82) is 0 Å². The van der Waals surface area contributed by atoms with Gasteiger partial charge in [0.25, 0.3) is 5.91 Å². The minimum atomic E-state index is -1.42. The molecule has 1 spiro atoms. The lowest BCUT2D eigenvalue weighted by atomic mass is 9.64. The fraction of sp³-hybridized carbons (Fsp3) is 0.643. The molecule has 2 N–H and O–H groups in total. The number of carbonyl (C=O) groups excluding carboxylic acids is 1. The normalized spacial score (nSPS) is 27.9. The highest BCUT2D eigenvalue weighted by Crippen LogP contribution is 2.48. The molecule has 52 heavy (non-hydrogen) atoms. The van der Waals surface area contributed by atoms with Gasteiger partial charge in [0, 0.05) is 60.5 Å². The standard InChI is InChI=1S/C33H43ClN2O4S.C9H18N2/c1-5-41(39)35-31(37)24-9-13-30-29(18-24)36(19-25-8-11-27(25)32(4,38)16-14-22(2)3)20-33(21-40-30)15-6-7-23-17-26(34)10-12-28(23)33;1-10-6-7-11-5-3-2-4-9(11)8-10/h9-10,12-14,16-18,22,25,27,38H,5-8,11,15,19-21H2,1-4H3,(H,35,37);9H,2-8H2,1H3/b16-14+;/t25?,27?,32-,33-,41?;/m0./s1. The predicted molar refractivity (Wildman–Crippen MR) is 214 cm³/mol. The van der Waals surface area contributed by atoms with Crippen LogP contribution >= 0.6 is 11.6 Å². The summed E-state index contributed by atoms with van der Waals surface area (Å²) in [5, 5.41) is 12.2. The van der Waals surface area contributed by atoms with Gasteiger partial charge in [-0.05, 0) is 125 Å². The van der Waals surface area contributed by atoms with E-state index in [0.29, 0.717) is 29.8 Å². The topological polar surface area (TPSA) is 85.3 Å². The molecule has 2 aromatic rings. The number of piperidine rings is 1. The number of halogens is 1. The minimum Gasteiger partial charge on any atom is -0.490 e. The number of nitrogens with one attached hydrogen (secondary N) is 1. The predicted octanol–water partition coefficient (Wildman–Crippen LogP) is 7.00. The van der Waals surface area contributed by atoms with Crippen LogP contribution in [0.3, 0.4) is 0 Å². The number of amides is 1. The molecule has 4 unspecified atom stereocenters. The molecule has 0 radical (unpaired) electrons. The Morgan fingerprint density at radius 1 is 1.13 bits per heavy atom. The van der Waals surface area contributed by atoms with Gasteiger partial charge < -0.3 is 19.6 Å². The van der Waals surface area contributed by atoms with Crippen molar-refractivity contribution in [2.24, 2.45) is 17.8 Å². The zero-order valence-electron chi connectivity index (χ0n) is 32.0. The van der Waals surface area contributed by atoms with Crippen LogP contribution in [0.1, 0.15) is 94.1 Å². The van der Waals surface area contributed by atoms with Gasteiger partial charge in [-0.1, -0.05) is 57.0 Å². The van der Waals surface area contributed by atoms with Crippen LogP contribution in [0.2, 0.25) is 5.02 Å². The van der Waals surface area contributed by atoms with Crippen LogP contribution in [0.25, 0.3) is 0 Å². The van der Waals surface area contributed by atoms with Crippen LogP contribution in [-0.2, 0) is 22.8 Å². The van der Waals surface area contributed by atoms with E-state index in [1.807, 2.05) is 31.2 Å². The maximum Gasteiger partial charge on any atom is 0.263 e. The molecule has 2 aromatic carbocycles. The zero-order valence-corrected chi connectivity index (χ0v) is 33.6. The summed E-state index contributed by atoms with van der Waals surface area (Å²) in [5.74, 6) is 1.57. The third-order valence-corrected chi connectivity index (χ3v) is 13.4. The summed E-state index contributed by atoms with van der Waals surface area (Å²) in [7, 11) is 0.823. The number of anilines is 1. The quantitative estimate of drug-likeness (QED) is 0.281. The fourth-order valence-electron chi connectivity index (χ4n) is 9.15. The lowest BCUT2D eigenvalue weighted by Crippen LogP contribution is -2.53. The van der Waals surface area contributed by atoms with E-state index in [-0.39, 0.29) is 17.2 Å². The zero-order chi connectivity index (χ0) is 37.0. The Labute approximate surface area is 319 Å². The summed E-state index contributed by atoms with van der Waals surface area (Å²) < 4.78 is 21.2. The molecular weight excluding hydrogens is 692 g/mol. The summed E-state index contributed by atoms with van der Waals surface area (Å²) in [5.41, 5.74) is 2.81. The second-order valence-corrected chi connectivity index (χ2v) is 18.5. The van der Waals surface area contributed by atoms with Crippen molar-refractivity contribution in [3.63, 3.8) is 0 Å². The third-order valence-electron chi connectivity index (χ3n) is 12.3. The number of piperazine rings is 1. The van der Waals surface area contributed by atoms with Crippen LogP contribution in [0.5, 0.6) is 5.75 Å². The molecule has 6 atom stereocenters. The largest absolute Gasteiger partial charge is 0.490 e. The molecule has 3 aliphatic heterocycles. The number of aryl methyl sites for hydroxylation is 1. The maximum atomic E-state index is 13.0. The molecule has 5 aliphatic rings. The Kier molecular flexibility index (Phi) is 12.8. The fourth-order valence-corrected chi connectivity index (χ4v) is 9.82. The number of nitrogens with zero attached hydrogens (tertiary/aromatic N) is 3. The van der Waals surface area contributed by atoms with Gasteiger partial charge in [0.15, 0.2) is 0 Å². The molecular formula is C42H61ClN4O4S. The van der Waals surface area contributed by atoms with E-state index in [1.165, 1.54) is 56.6 Å². The molecule has 3 heterocycles. The van der Waals surface area contributed by atoms with Gasteiger partial charge >= 0.3 is 0 Å². The van der Waals surface area contributed by atoms with Crippen molar-refractivity contribution >= 4 is 34.2 Å². The van der Waals surface area contributed by atoms with Crippen molar-refractivity contribution in [1.82, 2.24) is 14.5 Å². The van der Waals surface area contributed by atoms with Crippen LogP contribution in [-0.4, -0.2) is 95.3 Å². The summed E-state index contributed by atoms with van der Waals surface area (Å²) in [6, 6.07) is 12.6. The molecule has 8 nitrogen and oxygen atoms in total. The number of hydrogen-bond acceptors (Lipinski definition) is 7. The lowest BCUT2D eigenvalue weighted by molar-refractivity contribution is -0.0315. The minimum absolute atomic E-state index is 0.150. The highest BCUT2D eigenvalue weighted by Gasteiger charge is 2.46. The molecule has 2 saturated heterocycles. The highest BCUT2D eigenvalue weighted by molar-refractivity contribution is 7.83. The first kappa shape index (κ1) is 39.3. The molecule has 2 aliphatic carbocycles. The van der Waals surface area contributed by atoms with Gasteiger partial charge in [-0.25, -0.2) is 4.21 Å². The Morgan fingerprint density at radius 3 is 2.71 bits per heavy atom. The van der Waals surface area contributed by atoms with Crippen molar-refractivity contribution < 1.29 is 18.8 Å². The van der Waals surface area contributed by atoms with Crippen LogP contribution in [0, 0.1) is 17.8 Å². The van der Waals surface area contributed by atoms with E-state index in [0.717, 1.165) is 67.7 Å². The van der Waals surface area contributed by atoms with E-state index < -0.39 is 16.6 Å². The number of carbonyl (C=O) groups is 1. The van der Waals surface area contributed by atoms with E-state index in [1.54, 1.807) is 13.0 Å². The Bertz CT molecular complexity index is 1620. The number of likely N-dealkylation sites (N-methyl/N-ethyl adjacent to an activating group) is 1. The molecule has 1 amide bonds. The first-order valence-electron chi connectivity index (χ1n) is 19.7. The lowest BCUT2D eigenvalue weighted by Gasteiger charge is -2.48. The van der Waals surface area contributed by atoms with Gasteiger partial charge in [-0.3, -0.25) is 14.4 Å². The molecule has 0 bridgehead atoms. The van der Waals surface area contributed by atoms with Crippen LogP contribution in [0.4, 0.5) is 5.69 Å². The summed E-state index contributed by atoms with van der Waals surface area (Å²) in [6.07, 6.45) is 13.5. The number of fused-ring (bicyclic) bond motifs is 4. The number of benzene rings is 2. The average molecular weight is 753 g/mol. The second-order valence-electron chi connectivity index (χ2n) is 16.6. The van der Waals surface area contributed by atoms with Gasteiger partial charge in [-0.2, -0.15) is 0 Å². The smallest absolute Gasteiger partial charge is 0.263 e. The number of ether oxygens (including phenoxy) is 1.